The number of hydrogen-bond acceptors (Lipinski definition) is 6. The minimum Gasteiger partial charge on any atom is -0.481 e. The van der Waals surface area contributed by atoms with Crippen molar-refractivity contribution in [2.45, 2.75) is 37.5 Å². The normalized spacial score (nSPS) is 20.4. The SMILES string of the molecule is COc1ccc2nccc(C=C[C@@H]3CC[C@@H](NCC=Cc4cc(F)ccc4F)C(CC(=O)O)O3)c2n1. The quantitative estimate of drug-likeness (QED) is 0.447. The van der Waals surface area contributed by atoms with Crippen molar-refractivity contribution in [2.75, 3.05) is 13.7 Å². The van der Waals surface area contributed by atoms with Gasteiger partial charge in [0.1, 0.15) is 11.6 Å². The first-order valence-corrected chi connectivity index (χ1v) is 11.6. The van der Waals surface area contributed by atoms with Crippen LogP contribution in [0.2, 0.25) is 0 Å². The van der Waals surface area contributed by atoms with Crippen LogP contribution in [0.5, 0.6) is 5.88 Å². The number of fused-ring (bicyclic) bond motifs is 1. The van der Waals surface area contributed by atoms with Gasteiger partial charge in [-0.05, 0) is 43.2 Å². The summed E-state index contributed by atoms with van der Waals surface area (Å²) in [7, 11) is 1.55. The lowest BCUT2D eigenvalue weighted by Gasteiger charge is -2.35. The van der Waals surface area contributed by atoms with Crippen molar-refractivity contribution in [1.29, 1.82) is 0 Å². The zero-order chi connectivity index (χ0) is 25.5. The highest BCUT2D eigenvalue weighted by molar-refractivity contribution is 5.84. The summed E-state index contributed by atoms with van der Waals surface area (Å²) in [6, 6.07) is 8.51. The second-order valence-corrected chi connectivity index (χ2v) is 8.45. The smallest absolute Gasteiger partial charge is 0.306 e. The fraction of sp³-hybridized carbons (Fsp3) is 0.296. The Hall–Kier alpha value is -3.69. The Kier molecular flexibility index (Phi) is 8.35. The molecule has 0 amide bonds. The van der Waals surface area contributed by atoms with Crippen LogP contribution in [0.15, 0.2) is 54.7 Å². The number of rotatable bonds is 9. The van der Waals surface area contributed by atoms with E-state index < -0.39 is 23.7 Å². The van der Waals surface area contributed by atoms with E-state index in [1.54, 1.807) is 25.4 Å². The molecule has 3 heterocycles. The molecule has 0 bridgehead atoms. The van der Waals surface area contributed by atoms with Gasteiger partial charge in [-0.25, -0.2) is 13.8 Å². The van der Waals surface area contributed by atoms with Gasteiger partial charge in [0.15, 0.2) is 0 Å². The average Bonchev–Trinajstić information content (AvgIpc) is 2.87. The fourth-order valence-corrected chi connectivity index (χ4v) is 4.19. The predicted octanol–water partition coefficient (Wildman–Crippen LogP) is 4.62. The number of benzene rings is 1. The van der Waals surface area contributed by atoms with Crippen molar-refractivity contribution < 1.29 is 28.2 Å². The lowest BCUT2D eigenvalue weighted by molar-refractivity contribution is -0.143. The molecule has 4 rings (SSSR count). The summed E-state index contributed by atoms with van der Waals surface area (Å²) in [5.41, 5.74) is 2.45. The number of pyridine rings is 2. The Morgan fingerprint density at radius 1 is 1.19 bits per heavy atom. The van der Waals surface area contributed by atoms with Crippen LogP contribution in [0.25, 0.3) is 23.2 Å². The highest BCUT2D eigenvalue weighted by Crippen LogP contribution is 2.25. The molecule has 1 aromatic carbocycles. The molecule has 1 unspecified atom stereocenters. The predicted molar refractivity (Wildman–Crippen MR) is 132 cm³/mol. The molecule has 1 fully saturated rings. The van der Waals surface area contributed by atoms with Crippen LogP contribution < -0.4 is 10.1 Å². The summed E-state index contributed by atoms with van der Waals surface area (Å²) < 4.78 is 38.4. The van der Waals surface area contributed by atoms with Gasteiger partial charge in [0.05, 0.1) is 36.8 Å². The number of methoxy groups -OCH3 is 1. The third-order valence-corrected chi connectivity index (χ3v) is 5.98. The molecule has 0 spiro atoms. The number of ether oxygens (including phenoxy) is 2. The molecule has 1 aliphatic rings. The van der Waals surface area contributed by atoms with Gasteiger partial charge in [-0.3, -0.25) is 9.78 Å². The number of halogens is 2. The van der Waals surface area contributed by atoms with Crippen LogP contribution in [-0.4, -0.2) is 52.9 Å². The number of aromatic nitrogens is 2. The lowest BCUT2D eigenvalue weighted by Crippen LogP contribution is -2.47. The molecule has 1 aliphatic heterocycles. The van der Waals surface area contributed by atoms with E-state index in [-0.39, 0.29) is 24.1 Å². The minimum atomic E-state index is -0.953. The van der Waals surface area contributed by atoms with Crippen LogP contribution in [-0.2, 0) is 9.53 Å². The van der Waals surface area contributed by atoms with E-state index in [0.717, 1.165) is 29.3 Å². The Morgan fingerprint density at radius 2 is 2.06 bits per heavy atom. The van der Waals surface area contributed by atoms with Crippen LogP contribution in [0, 0.1) is 11.6 Å². The molecule has 7 nitrogen and oxygen atoms in total. The maximum atomic E-state index is 13.8. The van der Waals surface area contributed by atoms with Gasteiger partial charge in [-0.2, -0.15) is 0 Å². The van der Waals surface area contributed by atoms with Crippen molar-refractivity contribution in [3.05, 3.63) is 77.5 Å². The number of carbonyl (C=O) groups is 1. The standard InChI is InChI=1S/C27H27F2N3O4/c1-35-25-11-10-23-27(32-25)17(12-14-31-23)4-6-20-7-9-22(24(36-20)16-26(33)34)30-13-2-3-18-15-19(28)5-8-21(18)29/h2-6,8,10-12,14-15,20,22,24,30H,7,9,13,16H2,1H3,(H,33,34)/t20-,22-,24?/m1/s1. The van der Waals surface area contributed by atoms with E-state index >= 15 is 0 Å². The van der Waals surface area contributed by atoms with Crippen LogP contribution >= 0.6 is 0 Å². The lowest BCUT2D eigenvalue weighted by atomic mass is 9.95. The molecule has 2 N–H and O–H groups in total. The number of carboxylic acids is 1. The molecular weight excluding hydrogens is 468 g/mol. The highest BCUT2D eigenvalue weighted by atomic mass is 19.1. The third-order valence-electron chi connectivity index (χ3n) is 5.98. The molecule has 3 atom stereocenters. The first-order valence-electron chi connectivity index (χ1n) is 11.6. The Morgan fingerprint density at radius 3 is 2.86 bits per heavy atom. The molecule has 0 saturated carbocycles. The largest absolute Gasteiger partial charge is 0.481 e. The maximum Gasteiger partial charge on any atom is 0.306 e. The highest BCUT2D eigenvalue weighted by Gasteiger charge is 2.31. The summed E-state index contributed by atoms with van der Waals surface area (Å²) in [5, 5.41) is 12.6. The van der Waals surface area contributed by atoms with E-state index in [4.69, 9.17) is 9.47 Å². The van der Waals surface area contributed by atoms with Gasteiger partial charge < -0.3 is 19.9 Å². The Balaban J connectivity index is 1.40. The van der Waals surface area contributed by atoms with Crippen molar-refractivity contribution in [3.63, 3.8) is 0 Å². The van der Waals surface area contributed by atoms with Crippen molar-refractivity contribution in [3.8, 4) is 5.88 Å². The summed E-state index contributed by atoms with van der Waals surface area (Å²) in [5.74, 6) is -1.49. The average molecular weight is 496 g/mol. The molecule has 9 heteroatoms. The molecule has 0 aliphatic carbocycles. The molecule has 2 aromatic heterocycles. The topological polar surface area (TPSA) is 93.6 Å². The molecule has 36 heavy (non-hydrogen) atoms. The summed E-state index contributed by atoms with van der Waals surface area (Å²) in [4.78, 5) is 20.3. The summed E-state index contributed by atoms with van der Waals surface area (Å²) in [6.07, 6.45) is 9.11. The van der Waals surface area contributed by atoms with Gasteiger partial charge in [0, 0.05) is 36.0 Å². The summed E-state index contributed by atoms with van der Waals surface area (Å²) >= 11 is 0. The van der Waals surface area contributed by atoms with E-state index in [1.165, 1.54) is 6.08 Å². The van der Waals surface area contributed by atoms with Crippen LogP contribution in [0.4, 0.5) is 8.78 Å². The van der Waals surface area contributed by atoms with Crippen LogP contribution in [0.3, 0.4) is 0 Å². The zero-order valence-electron chi connectivity index (χ0n) is 19.7. The fourth-order valence-electron chi connectivity index (χ4n) is 4.19. The maximum absolute atomic E-state index is 13.8. The molecule has 188 valence electrons. The molecule has 0 radical (unpaired) electrons. The van der Waals surface area contributed by atoms with Crippen molar-refractivity contribution in [2.24, 2.45) is 0 Å². The van der Waals surface area contributed by atoms with E-state index in [0.29, 0.717) is 30.8 Å². The number of hydrogen-bond donors (Lipinski definition) is 2. The number of nitrogens with one attached hydrogen (secondary N) is 1. The monoisotopic (exact) mass is 495 g/mol. The molecule has 3 aromatic rings. The number of carboxylic acid groups (broad SMARTS) is 1. The molecule has 1 saturated heterocycles. The second-order valence-electron chi connectivity index (χ2n) is 8.45. The van der Waals surface area contributed by atoms with E-state index in [2.05, 4.69) is 15.3 Å². The van der Waals surface area contributed by atoms with E-state index in [9.17, 15) is 18.7 Å². The van der Waals surface area contributed by atoms with Crippen molar-refractivity contribution >= 4 is 29.2 Å². The van der Waals surface area contributed by atoms with Crippen LogP contribution in [0.1, 0.15) is 30.4 Å². The number of nitrogens with zero attached hydrogens (tertiary/aromatic N) is 2. The summed E-state index contributed by atoms with van der Waals surface area (Å²) in [6.45, 7) is 0.358. The second kappa shape index (κ2) is 11.8. The van der Waals surface area contributed by atoms with Gasteiger partial charge in [0.2, 0.25) is 5.88 Å². The van der Waals surface area contributed by atoms with Crippen molar-refractivity contribution in [1.82, 2.24) is 15.3 Å². The third kappa shape index (κ3) is 6.50. The number of aliphatic carboxylic acids is 1. The van der Waals surface area contributed by atoms with Gasteiger partial charge in [-0.1, -0.05) is 24.3 Å². The zero-order valence-corrected chi connectivity index (χ0v) is 19.7. The minimum absolute atomic E-state index is 0.152. The van der Waals surface area contributed by atoms with Gasteiger partial charge >= 0.3 is 5.97 Å². The Labute approximate surface area is 207 Å². The first-order chi connectivity index (χ1) is 17.4. The Bertz CT molecular complexity index is 1280. The van der Waals surface area contributed by atoms with Gasteiger partial charge in [-0.15, -0.1) is 0 Å². The first kappa shape index (κ1) is 25.4. The van der Waals surface area contributed by atoms with E-state index in [1.807, 2.05) is 24.3 Å². The van der Waals surface area contributed by atoms with Gasteiger partial charge in [0.25, 0.3) is 0 Å². The molecular formula is C27H27F2N3O4.